The maximum Gasteiger partial charge on any atom is 0.277 e. The lowest BCUT2D eigenvalue weighted by atomic mass is 9.91. The van der Waals surface area contributed by atoms with E-state index in [1.165, 1.54) is 4.57 Å². The Hall–Kier alpha value is -2.38. The van der Waals surface area contributed by atoms with Crippen LogP contribution in [-0.4, -0.2) is 85.7 Å². The number of anilines is 1. The van der Waals surface area contributed by atoms with Gasteiger partial charge in [0.05, 0.1) is 12.1 Å². The maximum atomic E-state index is 13.5. The molecule has 1 aromatic rings. The third-order valence-electron chi connectivity index (χ3n) is 6.98. The van der Waals surface area contributed by atoms with E-state index in [1.807, 2.05) is 23.9 Å². The van der Waals surface area contributed by atoms with Crippen molar-refractivity contribution in [3.63, 3.8) is 0 Å². The highest BCUT2D eigenvalue weighted by Gasteiger charge is 2.39. The van der Waals surface area contributed by atoms with E-state index in [-0.39, 0.29) is 36.0 Å². The molecule has 1 aliphatic heterocycles. The van der Waals surface area contributed by atoms with E-state index in [2.05, 4.69) is 20.5 Å². The molecule has 1 aliphatic carbocycles. The van der Waals surface area contributed by atoms with Crippen molar-refractivity contribution >= 4 is 21.5 Å². The minimum atomic E-state index is -4.36. The molecular weight excluding hydrogens is 486 g/mol. The predicted octanol–water partition coefficient (Wildman–Crippen LogP) is 3.15. The zero-order valence-electron chi connectivity index (χ0n) is 21.7. The molecule has 0 aromatic carbocycles. The summed E-state index contributed by atoms with van der Waals surface area (Å²) in [6.45, 7) is 4.26. The Morgan fingerprint density at radius 1 is 1.11 bits per heavy atom. The summed E-state index contributed by atoms with van der Waals surface area (Å²) < 4.78 is 35.2. The first-order valence-corrected chi connectivity index (χ1v) is 14.1. The van der Waals surface area contributed by atoms with E-state index in [0.717, 1.165) is 38.9 Å². The van der Waals surface area contributed by atoms with Crippen LogP contribution in [0.15, 0.2) is 25.3 Å². The van der Waals surface area contributed by atoms with Crippen molar-refractivity contribution in [2.45, 2.75) is 75.7 Å². The second-order valence-corrected chi connectivity index (χ2v) is 11.6. The molecule has 0 radical (unpaired) electrons. The fraction of sp³-hybridized carbons (Fsp3) is 0.783. The van der Waals surface area contributed by atoms with Crippen molar-refractivity contribution in [3.05, 3.63) is 15.9 Å². The Morgan fingerprint density at radius 3 is 2.42 bits per heavy atom. The highest BCUT2D eigenvalue weighted by Crippen LogP contribution is 2.37. The zero-order valence-corrected chi connectivity index (χ0v) is 22.5. The van der Waals surface area contributed by atoms with Crippen LogP contribution < -0.4 is 10.5 Å². The lowest BCUT2D eigenvalue weighted by Crippen LogP contribution is -2.39. The Kier molecular flexibility index (Phi) is 9.59. The number of aromatic nitrogens is 1. The summed E-state index contributed by atoms with van der Waals surface area (Å²) in [5, 5.41) is 26.6. The van der Waals surface area contributed by atoms with Crippen LogP contribution in [0.4, 0.5) is 11.4 Å². The molecule has 1 saturated heterocycles. The molecule has 0 amide bonds. The van der Waals surface area contributed by atoms with E-state index in [4.69, 9.17) is 0 Å². The second kappa shape index (κ2) is 12.2. The van der Waals surface area contributed by atoms with Crippen LogP contribution in [0.5, 0.6) is 5.88 Å². The number of rotatable bonds is 9. The van der Waals surface area contributed by atoms with Crippen LogP contribution in [0, 0.1) is 6.92 Å². The molecule has 12 nitrogen and oxygen atoms in total. The molecule has 202 valence electrons. The first kappa shape index (κ1) is 28.2. The summed E-state index contributed by atoms with van der Waals surface area (Å²) in [6, 6.07) is -1.08. The van der Waals surface area contributed by atoms with Gasteiger partial charge in [0, 0.05) is 32.2 Å². The summed E-state index contributed by atoms with van der Waals surface area (Å²) in [5.41, 5.74) is 0.893. The number of pyridine rings is 1. The molecule has 36 heavy (non-hydrogen) atoms. The van der Waals surface area contributed by atoms with Gasteiger partial charge in [0.25, 0.3) is 15.7 Å². The van der Waals surface area contributed by atoms with Gasteiger partial charge in [-0.05, 0) is 72.5 Å². The molecule has 2 heterocycles. The lowest BCUT2D eigenvalue weighted by molar-refractivity contribution is 0.353. The Morgan fingerprint density at radius 2 is 1.81 bits per heavy atom. The van der Waals surface area contributed by atoms with E-state index in [0.29, 0.717) is 30.6 Å². The molecule has 2 N–H and O–H groups in total. The summed E-state index contributed by atoms with van der Waals surface area (Å²) >= 11 is 0. The molecule has 0 spiro atoms. The van der Waals surface area contributed by atoms with E-state index < -0.39 is 21.4 Å². The quantitative estimate of drug-likeness (QED) is 0.371. The number of hydrogen-bond donors (Lipinski definition) is 2. The van der Waals surface area contributed by atoms with Gasteiger partial charge in [-0.15, -0.1) is 5.11 Å². The van der Waals surface area contributed by atoms with Crippen LogP contribution in [0.3, 0.4) is 0 Å². The van der Waals surface area contributed by atoms with E-state index in [9.17, 15) is 22.9 Å². The predicted molar refractivity (Wildman–Crippen MR) is 138 cm³/mol. The van der Waals surface area contributed by atoms with Gasteiger partial charge in [0.15, 0.2) is 5.69 Å². The molecule has 1 aromatic heterocycles. The largest absolute Gasteiger partial charge is 0.493 e. The SMILES string of the molecule is CN=NC1CCC(S(=O)(=O)O)C(N=Nc2c(C)c(N3CCCCC3)c(=O)n(CCCN(C)C)c2O)C1. The normalized spacial score (nSPS) is 23.8. The first-order chi connectivity index (χ1) is 17.0. The Balaban J connectivity index is 2.05. The average molecular weight is 526 g/mol. The van der Waals surface area contributed by atoms with Crippen LogP contribution in [-0.2, 0) is 16.7 Å². The summed E-state index contributed by atoms with van der Waals surface area (Å²) in [7, 11) is 1.08. The third-order valence-corrected chi connectivity index (χ3v) is 8.29. The minimum Gasteiger partial charge on any atom is -0.493 e. The smallest absolute Gasteiger partial charge is 0.277 e. The maximum absolute atomic E-state index is 13.5. The lowest BCUT2D eigenvalue weighted by Gasteiger charge is -2.31. The van der Waals surface area contributed by atoms with Gasteiger partial charge >= 0.3 is 0 Å². The number of piperidine rings is 1. The Bertz CT molecular complexity index is 1130. The molecule has 2 aliphatic rings. The molecule has 0 bridgehead atoms. The number of hydrogen-bond acceptors (Lipinski definition) is 10. The van der Waals surface area contributed by atoms with Gasteiger partial charge in [-0.3, -0.25) is 13.9 Å². The van der Waals surface area contributed by atoms with Crippen molar-refractivity contribution in [2.24, 2.45) is 20.5 Å². The van der Waals surface area contributed by atoms with Gasteiger partial charge in [-0.25, -0.2) is 0 Å². The first-order valence-electron chi connectivity index (χ1n) is 12.6. The molecule has 3 unspecified atom stereocenters. The summed E-state index contributed by atoms with van der Waals surface area (Å²) in [5.74, 6) is -0.287. The average Bonchev–Trinajstić information content (AvgIpc) is 2.81. The molecule has 13 heteroatoms. The highest BCUT2D eigenvalue weighted by atomic mass is 32.2. The monoisotopic (exact) mass is 525 g/mol. The topological polar surface area (TPSA) is 153 Å². The number of nitrogens with zero attached hydrogens (tertiary/aromatic N) is 7. The molecular formula is C23H39N7O5S. The van der Waals surface area contributed by atoms with Gasteiger partial charge < -0.3 is 14.9 Å². The number of aromatic hydroxyl groups is 1. The van der Waals surface area contributed by atoms with Gasteiger partial charge in [0.2, 0.25) is 5.88 Å². The van der Waals surface area contributed by atoms with Gasteiger partial charge in [0.1, 0.15) is 10.9 Å². The number of azo groups is 2. The van der Waals surface area contributed by atoms with Crippen molar-refractivity contribution < 1.29 is 18.1 Å². The van der Waals surface area contributed by atoms with Crippen LogP contribution in [0.2, 0.25) is 0 Å². The van der Waals surface area contributed by atoms with E-state index >= 15 is 0 Å². The van der Waals surface area contributed by atoms with Crippen molar-refractivity contribution in [1.29, 1.82) is 0 Å². The molecule has 3 rings (SSSR count). The van der Waals surface area contributed by atoms with Gasteiger partial charge in [-0.2, -0.15) is 23.8 Å². The Labute approximate surface area is 212 Å². The molecule has 3 atom stereocenters. The van der Waals surface area contributed by atoms with E-state index in [1.54, 1.807) is 14.0 Å². The third kappa shape index (κ3) is 6.68. The fourth-order valence-electron chi connectivity index (χ4n) is 5.12. The van der Waals surface area contributed by atoms with Crippen molar-refractivity contribution in [2.75, 3.05) is 45.7 Å². The summed E-state index contributed by atoms with van der Waals surface area (Å²) in [4.78, 5) is 17.5. The van der Waals surface area contributed by atoms with Gasteiger partial charge in [-0.1, -0.05) is 0 Å². The summed E-state index contributed by atoms with van der Waals surface area (Å²) in [6.07, 6.45) is 4.61. The fourth-order valence-corrected chi connectivity index (χ4v) is 6.12. The molecule has 1 saturated carbocycles. The highest BCUT2D eigenvalue weighted by molar-refractivity contribution is 7.86. The van der Waals surface area contributed by atoms with Crippen LogP contribution >= 0.6 is 0 Å². The standard InChI is InChI=1S/C23H39N7O5S/c1-16-20(27-26-18-15-17(25-24-2)9-10-19(18)36(33,34)35)22(31)30(14-8-11-28(3)4)23(32)21(16)29-12-6-5-7-13-29/h17-19,31H,5-15H2,1-4H3,(H,33,34,35). The minimum absolute atomic E-state index is 0.147. The van der Waals surface area contributed by atoms with Crippen LogP contribution in [0.1, 0.15) is 50.5 Å². The molecule has 2 fully saturated rings. The van der Waals surface area contributed by atoms with Crippen molar-refractivity contribution in [3.8, 4) is 5.88 Å². The second-order valence-electron chi connectivity index (χ2n) is 9.93. The van der Waals surface area contributed by atoms with Crippen LogP contribution in [0.25, 0.3) is 0 Å². The zero-order chi connectivity index (χ0) is 26.5. The van der Waals surface area contributed by atoms with Crippen molar-refractivity contribution in [1.82, 2.24) is 9.47 Å².